The lowest BCUT2D eigenvalue weighted by atomic mass is 10.2. The fourth-order valence-electron chi connectivity index (χ4n) is 1.90. The molecule has 2 N–H and O–H groups in total. The van der Waals surface area contributed by atoms with Crippen molar-refractivity contribution in [3.05, 3.63) is 23.8 Å². The Morgan fingerprint density at radius 2 is 2.15 bits per heavy atom. The summed E-state index contributed by atoms with van der Waals surface area (Å²) in [4.78, 5) is 13.9. The summed E-state index contributed by atoms with van der Waals surface area (Å²) < 4.78 is 5.24. The number of ether oxygens (including phenoxy) is 1. The number of nitrogens with one attached hydrogen (secondary N) is 1. The van der Waals surface area contributed by atoms with Crippen LogP contribution in [0.3, 0.4) is 0 Å². The van der Waals surface area contributed by atoms with E-state index < -0.39 is 0 Å². The molecule has 0 aliphatic rings. The van der Waals surface area contributed by atoms with Gasteiger partial charge in [-0.25, -0.2) is 4.79 Å². The molecule has 0 saturated heterocycles. The van der Waals surface area contributed by atoms with Gasteiger partial charge in [-0.3, -0.25) is 0 Å². The Morgan fingerprint density at radius 3 is 2.75 bits per heavy atom. The molecule has 5 heteroatoms. The van der Waals surface area contributed by atoms with Gasteiger partial charge >= 0.3 is 6.03 Å². The highest BCUT2D eigenvalue weighted by molar-refractivity contribution is 5.91. The molecule has 20 heavy (non-hydrogen) atoms. The van der Waals surface area contributed by atoms with E-state index in [9.17, 15) is 4.79 Å². The van der Waals surface area contributed by atoms with Gasteiger partial charge < -0.3 is 20.1 Å². The summed E-state index contributed by atoms with van der Waals surface area (Å²) in [5.74, 6) is 0.628. The normalized spacial score (nSPS) is 10.2. The van der Waals surface area contributed by atoms with Crippen molar-refractivity contribution >= 4 is 11.7 Å². The zero-order valence-corrected chi connectivity index (χ0v) is 12.5. The van der Waals surface area contributed by atoms with Crippen molar-refractivity contribution in [2.75, 3.05) is 32.1 Å². The highest BCUT2D eigenvalue weighted by atomic mass is 16.5. The molecule has 112 valence electrons. The second-order valence-corrected chi connectivity index (χ2v) is 4.70. The quantitative estimate of drug-likeness (QED) is 0.807. The predicted molar refractivity (Wildman–Crippen MR) is 80.3 cm³/mol. The van der Waals surface area contributed by atoms with Crippen molar-refractivity contribution in [1.29, 1.82) is 0 Å². The largest absolute Gasteiger partial charge is 0.495 e. The molecule has 0 aliphatic heterocycles. The maximum Gasteiger partial charge on any atom is 0.322 e. The van der Waals surface area contributed by atoms with Gasteiger partial charge in [0.05, 0.1) is 19.4 Å². The number of rotatable bonds is 7. The molecule has 0 fully saturated rings. The van der Waals surface area contributed by atoms with E-state index in [0.29, 0.717) is 24.5 Å². The Bertz CT molecular complexity index is 435. The Balaban J connectivity index is 2.78. The van der Waals surface area contributed by atoms with E-state index >= 15 is 0 Å². The lowest BCUT2D eigenvalue weighted by molar-refractivity contribution is 0.187. The third-order valence-corrected chi connectivity index (χ3v) is 3.04. The van der Waals surface area contributed by atoms with Crippen LogP contribution in [0.2, 0.25) is 0 Å². The minimum Gasteiger partial charge on any atom is -0.495 e. The van der Waals surface area contributed by atoms with Crippen molar-refractivity contribution in [1.82, 2.24) is 4.90 Å². The molecule has 0 radical (unpaired) electrons. The monoisotopic (exact) mass is 280 g/mol. The zero-order chi connectivity index (χ0) is 15.0. The number of urea groups is 1. The van der Waals surface area contributed by atoms with E-state index in [1.54, 1.807) is 12.0 Å². The second-order valence-electron chi connectivity index (χ2n) is 4.70. The first-order chi connectivity index (χ1) is 9.62. The molecule has 0 heterocycles. The number of nitrogens with zero attached hydrogens (tertiary/aromatic N) is 1. The van der Waals surface area contributed by atoms with Gasteiger partial charge in [0.1, 0.15) is 5.75 Å². The molecular formula is C15H24N2O3. The van der Waals surface area contributed by atoms with Gasteiger partial charge in [-0.05, 0) is 31.0 Å². The number of hydrogen-bond acceptors (Lipinski definition) is 3. The van der Waals surface area contributed by atoms with Crippen LogP contribution in [-0.4, -0.2) is 42.8 Å². The van der Waals surface area contributed by atoms with Crippen LogP contribution in [-0.2, 0) is 0 Å². The molecule has 1 aromatic rings. The maximum absolute atomic E-state index is 12.2. The number of carbonyl (C=O) groups is 1. The summed E-state index contributed by atoms with van der Waals surface area (Å²) in [5, 5.41) is 11.9. The molecule has 2 amide bonds. The summed E-state index contributed by atoms with van der Waals surface area (Å²) >= 11 is 0. The molecule has 0 aromatic heterocycles. The summed E-state index contributed by atoms with van der Waals surface area (Å²) in [5.41, 5.74) is 1.69. The SMILES string of the molecule is CCCCN(CCO)C(=O)Nc1cc(C)ccc1OC. The number of unbranched alkanes of at least 4 members (excludes halogenated alkanes) is 1. The summed E-state index contributed by atoms with van der Waals surface area (Å²) in [6.07, 6.45) is 1.92. The number of hydrogen-bond donors (Lipinski definition) is 2. The van der Waals surface area contributed by atoms with Crippen LogP contribution in [0.5, 0.6) is 5.75 Å². The lowest BCUT2D eigenvalue weighted by Crippen LogP contribution is -2.37. The summed E-state index contributed by atoms with van der Waals surface area (Å²) in [7, 11) is 1.57. The highest BCUT2D eigenvalue weighted by Gasteiger charge is 2.14. The number of aliphatic hydroxyl groups excluding tert-OH is 1. The number of aryl methyl sites for hydroxylation is 1. The fourth-order valence-corrected chi connectivity index (χ4v) is 1.90. The third-order valence-electron chi connectivity index (χ3n) is 3.04. The standard InChI is InChI=1S/C15H24N2O3/c1-4-5-8-17(9-10-18)15(19)16-13-11-12(2)6-7-14(13)20-3/h6-7,11,18H,4-5,8-10H2,1-3H3,(H,16,19). The van der Waals surface area contributed by atoms with E-state index in [2.05, 4.69) is 12.2 Å². The predicted octanol–water partition coefficient (Wildman–Crippen LogP) is 2.63. The van der Waals surface area contributed by atoms with Crippen molar-refractivity contribution in [3.63, 3.8) is 0 Å². The van der Waals surface area contributed by atoms with E-state index in [-0.39, 0.29) is 12.6 Å². The Morgan fingerprint density at radius 1 is 1.40 bits per heavy atom. The van der Waals surface area contributed by atoms with Crippen molar-refractivity contribution in [2.45, 2.75) is 26.7 Å². The number of benzene rings is 1. The Labute approximate surface area is 120 Å². The van der Waals surface area contributed by atoms with Crippen molar-refractivity contribution < 1.29 is 14.6 Å². The van der Waals surface area contributed by atoms with Gasteiger partial charge in [-0.15, -0.1) is 0 Å². The number of methoxy groups -OCH3 is 1. The molecule has 0 saturated carbocycles. The van der Waals surface area contributed by atoms with Crippen LogP contribution in [0.1, 0.15) is 25.3 Å². The van der Waals surface area contributed by atoms with Crippen LogP contribution in [0, 0.1) is 6.92 Å². The van der Waals surface area contributed by atoms with Gasteiger partial charge in [0.2, 0.25) is 0 Å². The number of aliphatic hydroxyl groups is 1. The summed E-state index contributed by atoms with van der Waals surface area (Å²) in [6, 6.07) is 5.41. The van der Waals surface area contributed by atoms with Gasteiger partial charge in [-0.1, -0.05) is 19.4 Å². The first-order valence-corrected chi connectivity index (χ1v) is 6.93. The number of amides is 2. The average Bonchev–Trinajstić information content (AvgIpc) is 2.43. The van der Waals surface area contributed by atoms with Gasteiger partial charge in [0.15, 0.2) is 0 Å². The molecule has 0 aliphatic carbocycles. The van der Waals surface area contributed by atoms with Crippen LogP contribution in [0.4, 0.5) is 10.5 Å². The minimum absolute atomic E-state index is 0.0396. The number of anilines is 1. The van der Waals surface area contributed by atoms with Gasteiger partial charge in [0.25, 0.3) is 0 Å². The molecular weight excluding hydrogens is 256 g/mol. The fraction of sp³-hybridized carbons (Fsp3) is 0.533. The van der Waals surface area contributed by atoms with Crippen molar-refractivity contribution in [3.8, 4) is 5.75 Å². The van der Waals surface area contributed by atoms with E-state index in [1.165, 1.54) is 0 Å². The Hall–Kier alpha value is -1.75. The Kier molecular flexibility index (Phi) is 6.87. The van der Waals surface area contributed by atoms with Gasteiger partial charge in [-0.2, -0.15) is 0 Å². The second kappa shape index (κ2) is 8.43. The van der Waals surface area contributed by atoms with Crippen LogP contribution in [0.15, 0.2) is 18.2 Å². The van der Waals surface area contributed by atoms with E-state index in [1.807, 2.05) is 25.1 Å². The molecule has 5 nitrogen and oxygen atoms in total. The molecule has 0 spiro atoms. The first kappa shape index (κ1) is 16.3. The maximum atomic E-state index is 12.2. The topological polar surface area (TPSA) is 61.8 Å². The smallest absolute Gasteiger partial charge is 0.322 e. The van der Waals surface area contributed by atoms with Crippen molar-refractivity contribution in [2.24, 2.45) is 0 Å². The highest BCUT2D eigenvalue weighted by Crippen LogP contribution is 2.25. The summed E-state index contributed by atoms with van der Waals surface area (Å²) in [6.45, 7) is 4.95. The minimum atomic E-state index is -0.212. The first-order valence-electron chi connectivity index (χ1n) is 6.93. The number of carbonyl (C=O) groups excluding carboxylic acids is 1. The lowest BCUT2D eigenvalue weighted by Gasteiger charge is -2.22. The third kappa shape index (κ3) is 4.74. The molecule has 0 atom stereocenters. The van der Waals surface area contributed by atoms with Crippen LogP contribution in [0.25, 0.3) is 0 Å². The molecule has 0 bridgehead atoms. The molecule has 0 unspecified atom stereocenters. The van der Waals surface area contributed by atoms with Crippen LogP contribution >= 0.6 is 0 Å². The average molecular weight is 280 g/mol. The molecule has 1 aromatic carbocycles. The molecule has 1 rings (SSSR count). The van der Waals surface area contributed by atoms with E-state index in [4.69, 9.17) is 9.84 Å². The van der Waals surface area contributed by atoms with E-state index in [0.717, 1.165) is 18.4 Å². The van der Waals surface area contributed by atoms with Gasteiger partial charge in [0, 0.05) is 13.1 Å². The zero-order valence-electron chi connectivity index (χ0n) is 12.5. The van der Waals surface area contributed by atoms with Crippen LogP contribution < -0.4 is 10.1 Å².